The van der Waals surface area contributed by atoms with Crippen molar-refractivity contribution in [3.63, 3.8) is 0 Å². The molecule has 0 spiro atoms. The molecule has 2 rings (SSSR count). The topological polar surface area (TPSA) is 21.3 Å². The number of nitrogens with one attached hydrogen (secondary N) is 1. The number of ether oxygens (including phenoxy) is 1. The Bertz CT molecular complexity index is 578. The average Bonchev–Trinajstić information content (AvgIpc) is 2.77. The van der Waals surface area contributed by atoms with Gasteiger partial charge in [-0.15, -0.1) is 11.3 Å². The number of halogens is 2. The first kappa shape index (κ1) is 16.0. The number of likely N-dealkylation sites (N-methyl/N-ethyl adjacent to an activating group) is 1. The van der Waals surface area contributed by atoms with Crippen molar-refractivity contribution in [1.82, 2.24) is 5.32 Å². The molecule has 1 unspecified atom stereocenters. The van der Waals surface area contributed by atoms with E-state index in [2.05, 4.69) is 56.2 Å². The molecule has 0 radical (unpaired) electrons. The van der Waals surface area contributed by atoms with Gasteiger partial charge in [0.25, 0.3) is 0 Å². The second-order valence-corrected chi connectivity index (χ2v) is 7.86. The number of methoxy groups -OCH3 is 1. The fraction of sp³-hybridized carbons (Fsp3) is 0.333. The quantitative estimate of drug-likeness (QED) is 0.729. The molecule has 0 fully saturated rings. The van der Waals surface area contributed by atoms with Crippen LogP contribution in [0.1, 0.15) is 22.0 Å². The van der Waals surface area contributed by atoms with Crippen molar-refractivity contribution < 1.29 is 4.74 Å². The number of aryl methyl sites for hydroxylation is 1. The van der Waals surface area contributed by atoms with Gasteiger partial charge < -0.3 is 10.1 Å². The largest absolute Gasteiger partial charge is 0.497 e. The zero-order valence-electron chi connectivity index (χ0n) is 11.7. The molecule has 2 aromatic rings. The maximum atomic E-state index is 5.31. The first-order valence-electron chi connectivity index (χ1n) is 6.30. The second kappa shape index (κ2) is 7.07. The lowest BCUT2D eigenvalue weighted by atomic mass is 10.0. The van der Waals surface area contributed by atoms with Gasteiger partial charge in [-0.1, -0.05) is 15.9 Å². The predicted octanol–water partition coefficient (Wildman–Crippen LogP) is 5.09. The van der Waals surface area contributed by atoms with Crippen molar-refractivity contribution in [3.8, 4) is 5.75 Å². The van der Waals surface area contributed by atoms with Gasteiger partial charge in [0.2, 0.25) is 0 Å². The van der Waals surface area contributed by atoms with Gasteiger partial charge in [0.05, 0.1) is 10.9 Å². The molecule has 0 saturated heterocycles. The number of hydrogen-bond donors (Lipinski definition) is 1. The molecular formula is C15H17Br2NOS. The molecule has 1 aromatic heterocycles. The molecule has 108 valence electrons. The van der Waals surface area contributed by atoms with E-state index in [1.165, 1.54) is 19.8 Å². The van der Waals surface area contributed by atoms with Crippen molar-refractivity contribution in [3.05, 3.63) is 48.5 Å². The zero-order valence-corrected chi connectivity index (χ0v) is 15.7. The smallest absolute Gasteiger partial charge is 0.119 e. The van der Waals surface area contributed by atoms with Gasteiger partial charge in [-0.05, 0) is 71.7 Å². The van der Waals surface area contributed by atoms with Gasteiger partial charge >= 0.3 is 0 Å². The number of benzene rings is 1. The van der Waals surface area contributed by atoms with Crippen LogP contribution in [0.2, 0.25) is 0 Å². The molecule has 20 heavy (non-hydrogen) atoms. The van der Waals surface area contributed by atoms with Crippen LogP contribution in [0.4, 0.5) is 0 Å². The molecule has 0 aliphatic rings. The molecular weight excluding hydrogens is 402 g/mol. The predicted molar refractivity (Wildman–Crippen MR) is 93.0 cm³/mol. The van der Waals surface area contributed by atoms with Crippen LogP contribution in [-0.4, -0.2) is 14.2 Å². The molecule has 1 N–H and O–H groups in total. The highest BCUT2D eigenvalue weighted by Crippen LogP contribution is 2.34. The third-order valence-electron chi connectivity index (χ3n) is 3.25. The van der Waals surface area contributed by atoms with Crippen LogP contribution in [0.3, 0.4) is 0 Å². The minimum atomic E-state index is 0.299. The molecule has 0 aliphatic carbocycles. The molecule has 5 heteroatoms. The summed E-state index contributed by atoms with van der Waals surface area (Å²) in [6.45, 7) is 2.12. The Kier molecular flexibility index (Phi) is 5.66. The van der Waals surface area contributed by atoms with E-state index in [-0.39, 0.29) is 0 Å². The Morgan fingerprint density at radius 3 is 2.60 bits per heavy atom. The minimum absolute atomic E-state index is 0.299. The highest BCUT2D eigenvalue weighted by molar-refractivity contribution is 9.11. The van der Waals surface area contributed by atoms with Gasteiger partial charge in [-0.25, -0.2) is 0 Å². The van der Waals surface area contributed by atoms with Crippen LogP contribution in [0.15, 0.2) is 32.5 Å². The highest BCUT2D eigenvalue weighted by atomic mass is 79.9. The van der Waals surface area contributed by atoms with Crippen LogP contribution in [0.25, 0.3) is 0 Å². The Hall–Kier alpha value is -0.360. The van der Waals surface area contributed by atoms with Gasteiger partial charge in [-0.3, -0.25) is 0 Å². The Morgan fingerprint density at radius 1 is 1.30 bits per heavy atom. The molecule has 1 heterocycles. The Labute approximate surface area is 140 Å². The van der Waals surface area contributed by atoms with E-state index in [1.54, 1.807) is 18.4 Å². The average molecular weight is 419 g/mol. The van der Waals surface area contributed by atoms with Crippen LogP contribution >= 0.6 is 43.2 Å². The first-order chi connectivity index (χ1) is 9.55. The van der Waals surface area contributed by atoms with E-state index < -0.39 is 0 Å². The summed E-state index contributed by atoms with van der Waals surface area (Å²) in [7, 11) is 3.70. The van der Waals surface area contributed by atoms with E-state index in [1.807, 2.05) is 19.2 Å². The van der Waals surface area contributed by atoms with Gasteiger partial charge in [-0.2, -0.15) is 0 Å². The lowest BCUT2D eigenvalue weighted by Crippen LogP contribution is -2.18. The highest BCUT2D eigenvalue weighted by Gasteiger charge is 2.16. The molecule has 0 amide bonds. The van der Waals surface area contributed by atoms with Crippen molar-refractivity contribution in [1.29, 1.82) is 0 Å². The first-order valence-corrected chi connectivity index (χ1v) is 8.71. The SMILES string of the molecule is CNC(Cc1cc(OC)ccc1Br)c1cc(C)c(Br)s1. The number of hydrogen-bond acceptors (Lipinski definition) is 3. The van der Waals surface area contributed by atoms with Crippen molar-refractivity contribution >= 4 is 43.2 Å². The van der Waals surface area contributed by atoms with Crippen LogP contribution in [-0.2, 0) is 6.42 Å². The third kappa shape index (κ3) is 3.64. The number of thiophene rings is 1. The zero-order chi connectivity index (χ0) is 14.7. The summed E-state index contributed by atoms with van der Waals surface area (Å²) in [4.78, 5) is 1.34. The third-order valence-corrected chi connectivity index (χ3v) is 6.27. The number of rotatable bonds is 5. The van der Waals surface area contributed by atoms with E-state index in [0.29, 0.717) is 6.04 Å². The summed E-state index contributed by atoms with van der Waals surface area (Å²) in [5.74, 6) is 0.890. The van der Waals surface area contributed by atoms with Gasteiger partial charge in [0, 0.05) is 15.4 Å². The second-order valence-electron chi connectivity index (χ2n) is 4.61. The van der Waals surface area contributed by atoms with E-state index in [0.717, 1.165) is 16.6 Å². The maximum Gasteiger partial charge on any atom is 0.119 e. The summed E-state index contributed by atoms with van der Waals surface area (Å²) in [5, 5.41) is 3.40. The molecule has 0 saturated carbocycles. The fourth-order valence-electron chi connectivity index (χ4n) is 2.05. The molecule has 0 bridgehead atoms. The summed E-state index contributed by atoms with van der Waals surface area (Å²) < 4.78 is 7.63. The molecule has 0 aliphatic heterocycles. The summed E-state index contributed by atoms with van der Waals surface area (Å²) in [6, 6.07) is 8.63. The minimum Gasteiger partial charge on any atom is -0.497 e. The summed E-state index contributed by atoms with van der Waals surface area (Å²) in [6.07, 6.45) is 0.917. The van der Waals surface area contributed by atoms with E-state index in [9.17, 15) is 0 Å². The summed E-state index contributed by atoms with van der Waals surface area (Å²) in [5.41, 5.74) is 2.53. The Balaban J connectivity index is 2.26. The van der Waals surface area contributed by atoms with Gasteiger partial charge in [0.15, 0.2) is 0 Å². The van der Waals surface area contributed by atoms with Crippen LogP contribution in [0, 0.1) is 6.92 Å². The van der Waals surface area contributed by atoms with Crippen LogP contribution in [0.5, 0.6) is 5.75 Å². The lowest BCUT2D eigenvalue weighted by Gasteiger charge is -2.16. The molecule has 2 nitrogen and oxygen atoms in total. The maximum absolute atomic E-state index is 5.31. The van der Waals surface area contributed by atoms with E-state index >= 15 is 0 Å². The van der Waals surface area contributed by atoms with Crippen LogP contribution < -0.4 is 10.1 Å². The molecule has 1 atom stereocenters. The van der Waals surface area contributed by atoms with E-state index in [4.69, 9.17) is 4.74 Å². The fourth-order valence-corrected chi connectivity index (χ4v) is 4.14. The van der Waals surface area contributed by atoms with Gasteiger partial charge in [0.1, 0.15) is 5.75 Å². The standard InChI is InChI=1S/C15H17Br2NOS/c1-9-6-14(20-15(9)17)13(18-2)8-10-7-11(19-3)4-5-12(10)16/h4-7,13,18H,8H2,1-3H3. The van der Waals surface area contributed by atoms with Crippen molar-refractivity contribution in [2.75, 3.05) is 14.2 Å². The Morgan fingerprint density at radius 2 is 2.05 bits per heavy atom. The normalized spacial score (nSPS) is 12.4. The summed E-state index contributed by atoms with van der Waals surface area (Å²) >= 11 is 9.01. The monoisotopic (exact) mass is 417 g/mol. The molecule has 1 aromatic carbocycles. The van der Waals surface area contributed by atoms with Crippen molar-refractivity contribution in [2.24, 2.45) is 0 Å². The van der Waals surface area contributed by atoms with Crippen molar-refractivity contribution in [2.45, 2.75) is 19.4 Å². The lowest BCUT2D eigenvalue weighted by molar-refractivity contribution is 0.414.